The molecule has 0 aliphatic rings. The standard InChI is InChI=1S/C17H17F3N2O/c1-11-6-5-9-14(12(11)2)22-15-8-4-3-7-13(15)16(23)21-10-17(18,19)20/h3-9,22H,10H2,1-2H3,(H,21,23). The van der Waals surface area contributed by atoms with Crippen molar-refractivity contribution < 1.29 is 18.0 Å². The lowest BCUT2D eigenvalue weighted by molar-refractivity contribution is -0.123. The van der Waals surface area contributed by atoms with Gasteiger partial charge in [-0.05, 0) is 43.2 Å². The van der Waals surface area contributed by atoms with Crippen LogP contribution < -0.4 is 10.6 Å². The van der Waals surface area contributed by atoms with Crippen molar-refractivity contribution in [1.29, 1.82) is 0 Å². The summed E-state index contributed by atoms with van der Waals surface area (Å²) in [4.78, 5) is 12.0. The van der Waals surface area contributed by atoms with Crippen LogP contribution in [0.25, 0.3) is 0 Å². The average Bonchev–Trinajstić information content (AvgIpc) is 2.49. The van der Waals surface area contributed by atoms with Crippen molar-refractivity contribution in [3.63, 3.8) is 0 Å². The molecule has 0 saturated heterocycles. The Morgan fingerprint density at radius 1 is 1.00 bits per heavy atom. The predicted octanol–water partition coefficient (Wildman–Crippen LogP) is 4.34. The zero-order valence-electron chi connectivity index (χ0n) is 12.8. The molecule has 23 heavy (non-hydrogen) atoms. The molecular formula is C17H17F3N2O. The van der Waals surface area contributed by atoms with Crippen LogP contribution in [0.3, 0.4) is 0 Å². The molecule has 0 aromatic heterocycles. The summed E-state index contributed by atoms with van der Waals surface area (Å²) in [5, 5.41) is 5.00. The third kappa shape index (κ3) is 4.48. The van der Waals surface area contributed by atoms with Gasteiger partial charge in [0, 0.05) is 5.69 Å². The molecule has 0 saturated carbocycles. The van der Waals surface area contributed by atoms with Gasteiger partial charge in [-0.2, -0.15) is 13.2 Å². The molecule has 0 aliphatic heterocycles. The van der Waals surface area contributed by atoms with Crippen LogP contribution in [0, 0.1) is 13.8 Å². The molecule has 0 atom stereocenters. The molecule has 2 aromatic carbocycles. The van der Waals surface area contributed by atoms with E-state index in [1.165, 1.54) is 6.07 Å². The number of benzene rings is 2. The quantitative estimate of drug-likeness (QED) is 0.879. The number of para-hydroxylation sites is 1. The topological polar surface area (TPSA) is 41.1 Å². The molecule has 0 aliphatic carbocycles. The van der Waals surface area contributed by atoms with Gasteiger partial charge >= 0.3 is 6.18 Å². The third-order valence-corrected chi connectivity index (χ3v) is 3.50. The summed E-state index contributed by atoms with van der Waals surface area (Å²) in [5.74, 6) is -0.768. The summed E-state index contributed by atoms with van der Waals surface area (Å²) in [7, 11) is 0. The Hall–Kier alpha value is -2.50. The van der Waals surface area contributed by atoms with Gasteiger partial charge in [0.2, 0.25) is 0 Å². The average molecular weight is 322 g/mol. The highest BCUT2D eigenvalue weighted by molar-refractivity contribution is 6.00. The summed E-state index contributed by atoms with van der Waals surface area (Å²) in [5.41, 5.74) is 3.52. The second kappa shape index (κ2) is 6.73. The fourth-order valence-electron chi connectivity index (χ4n) is 2.10. The van der Waals surface area contributed by atoms with Crippen molar-refractivity contribution in [2.75, 3.05) is 11.9 Å². The second-order valence-electron chi connectivity index (χ2n) is 5.22. The first kappa shape index (κ1) is 16.9. The summed E-state index contributed by atoms with van der Waals surface area (Å²) in [6.07, 6.45) is -4.44. The lowest BCUT2D eigenvalue weighted by Gasteiger charge is -2.15. The van der Waals surface area contributed by atoms with E-state index >= 15 is 0 Å². The number of rotatable bonds is 4. The van der Waals surface area contributed by atoms with Crippen molar-refractivity contribution in [3.05, 3.63) is 59.2 Å². The fourth-order valence-corrected chi connectivity index (χ4v) is 2.10. The van der Waals surface area contributed by atoms with Crippen LogP contribution in [0.1, 0.15) is 21.5 Å². The molecule has 0 fully saturated rings. The number of amides is 1. The lowest BCUT2D eigenvalue weighted by Crippen LogP contribution is -2.34. The van der Waals surface area contributed by atoms with Crippen LogP contribution in [-0.4, -0.2) is 18.6 Å². The molecule has 2 aromatic rings. The van der Waals surface area contributed by atoms with Crippen LogP contribution >= 0.6 is 0 Å². The Labute approximate surface area is 132 Å². The Kier molecular flexibility index (Phi) is 4.93. The number of alkyl halides is 3. The van der Waals surface area contributed by atoms with E-state index in [2.05, 4.69) is 5.32 Å². The Bertz CT molecular complexity index is 711. The summed E-state index contributed by atoms with van der Waals surface area (Å²) in [6.45, 7) is 2.54. The first-order valence-electron chi connectivity index (χ1n) is 7.05. The maximum atomic E-state index is 12.2. The zero-order chi connectivity index (χ0) is 17.0. The largest absolute Gasteiger partial charge is 0.405 e. The Morgan fingerprint density at radius 2 is 1.65 bits per heavy atom. The summed E-state index contributed by atoms with van der Waals surface area (Å²) >= 11 is 0. The van der Waals surface area contributed by atoms with Gasteiger partial charge in [-0.3, -0.25) is 4.79 Å². The number of anilines is 2. The molecule has 0 bridgehead atoms. The van der Waals surface area contributed by atoms with E-state index in [1.54, 1.807) is 18.2 Å². The monoisotopic (exact) mass is 322 g/mol. The predicted molar refractivity (Wildman–Crippen MR) is 84.0 cm³/mol. The minimum Gasteiger partial charge on any atom is -0.355 e. The molecule has 1 amide bonds. The summed E-state index contributed by atoms with van der Waals surface area (Å²) < 4.78 is 36.7. The van der Waals surface area contributed by atoms with Crippen molar-refractivity contribution in [2.45, 2.75) is 20.0 Å². The van der Waals surface area contributed by atoms with E-state index in [-0.39, 0.29) is 5.56 Å². The smallest absolute Gasteiger partial charge is 0.355 e. The van der Waals surface area contributed by atoms with Gasteiger partial charge in [0.25, 0.3) is 5.91 Å². The minimum absolute atomic E-state index is 0.164. The van der Waals surface area contributed by atoms with Crippen molar-refractivity contribution in [1.82, 2.24) is 5.32 Å². The molecule has 0 spiro atoms. The number of aryl methyl sites for hydroxylation is 1. The molecule has 0 unspecified atom stereocenters. The van der Waals surface area contributed by atoms with Gasteiger partial charge in [0.05, 0.1) is 11.3 Å². The molecule has 6 heteroatoms. The Morgan fingerprint density at radius 3 is 2.35 bits per heavy atom. The maximum absolute atomic E-state index is 12.2. The first-order valence-corrected chi connectivity index (χ1v) is 7.05. The van der Waals surface area contributed by atoms with Gasteiger partial charge in [-0.15, -0.1) is 0 Å². The zero-order valence-corrected chi connectivity index (χ0v) is 12.8. The van der Waals surface area contributed by atoms with Gasteiger partial charge in [-0.1, -0.05) is 24.3 Å². The van der Waals surface area contributed by atoms with Gasteiger partial charge < -0.3 is 10.6 Å². The van der Waals surface area contributed by atoms with Crippen LogP contribution in [0.15, 0.2) is 42.5 Å². The molecule has 2 rings (SSSR count). The highest BCUT2D eigenvalue weighted by Gasteiger charge is 2.28. The Balaban J connectivity index is 2.24. The van der Waals surface area contributed by atoms with Crippen LogP contribution in [0.2, 0.25) is 0 Å². The maximum Gasteiger partial charge on any atom is 0.405 e. The molecule has 3 nitrogen and oxygen atoms in total. The van der Waals surface area contributed by atoms with Crippen LogP contribution in [0.4, 0.5) is 24.5 Å². The van der Waals surface area contributed by atoms with E-state index in [0.717, 1.165) is 16.8 Å². The number of carbonyl (C=O) groups is 1. The number of nitrogens with one attached hydrogen (secondary N) is 2. The van der Waals surface area contributed by atoms with Crippen molar-refractivity contribution in [2.24, 2.45) is 0 Å². The molecule has 0 radical (unpaired) electrons. The van der Waals surface area contributed by atoms with Crippen LogP contribution in [0.5, 0.6) is 0 Å². The molecular weight excluding hydrogens is 305 g/mol. The van der Waals surface area contributed by atoms with E-state index in [9.17, 15) is 18.0 Å². The highest BCUT2D eigenvalue weighted by Crippen LogP contribution is 2.25. The molecule has 2 N–H and O–H groups in total. The lowest BCUT2D eigenvalue weighted by atomic mass is 10.1. The van der Waals surface area contributed by atoms with E-state index in [0.29, 0.717) is 5.69 Å². The van der Waals surface area contributed by atoms with Crippen LogP contribution in [-0.2, 0) is 0 Å². The van der Waals surface area contributed by atoms with E-state index in [4.69, 9.17) is 0 Å². The molecule has 0 heterocycles. The molecule has 122 valence electrons. The number of hydrogen-bond acceptors (Lipinski definition) is 2. The SMILES string of the molecule is Cc1cccc(Nc2ccccc2C(=O)NCC(F)(F)F)c1C. The van der Waals surface area contributed by atoms with Crippen molar-refractivity contribution in [3.8, 4) is 0 Å². The highest BCUT2D eigenvalue weighted by atomic mass is 19.4. The number of carbonyl (C=O) groups excluding carboxylic acids is 1. The number of halogens is 3. The van der Waals surface area contributed by atoms with E-state index in [1.807, 2.05) is 37.4 Å². The number of hydrogen-bond donors (Lipinski definition) is 2. The van der Waals surface area contributed by atoms with Crippen molar-refractivity contribution >= 4 is 17.3 Å². The third-order valence-electron chi connectivity index (χ3n) is 3.50. The first-order chi connectivity index (χ1) is 10.8. The van der Waals surface area contributed by atoms with Gasteiger partial charge in [0.15, 0.2) is 0 Å². The fraction of sp³-hybridized carbons (Fsp3) is 0.235. The van der Waals surface area contributed by atoms with E-state index < -0.39 is 18.6 Å². The van der Waals surface area contributed by atoms with Gasteiger partial charge in [-0.25, -0.2) is 0 Å². The van der Waals surface area contributed by atoms with Gasteiger partial charge in [0.1, 0.15) is 6.54 Å². The summed E-state index contributed by atoms with van der Waals surface area (Å²) in [6, 6.07) is 12.2. The minimum atomic E-state index is -4.44. The normalized spacial score (nSPS) is 11.2. The second-order valence-corrected chi connectivity index (χ2v) is 5.22.